The van der Waals surface area contributed by atoms with Crippen molar-refractivity contribution in [2.45, 2.75) is 97.9 Å². The largest absolute Gasteiger partial charge is 0.489 e. The summed E-state index contributed by atoms with van der Waals surface area (Å²) in [5.74, 6) is 0.0897. The fourth-order valence-electron chi connectivity index (χ4n) is 10.2. The molecule has 1 aliphatic carbocycles. The van der Waals surface area contributed by atoms with Gasteiger partial charge in [-0.05, 0) is 93.5 Å². The highest BCUT2D eigenvalue weighted by molar-refractivity contribution is 6.23. The van der Waals surface area contributed by atoms with E-state index in [4.69, 9.17) is 9.47 Å². The van der Waals surface area contributed by atoms with E-state index in [0.29, 0.717) is 28.7 Å². The highest BCUT2D eigenvalue weighted by Crippen LogP contribution is 2.55. The highest BCUT2D eigenvalue weighted by atomic mass is 16.5. The number of likely N-dealkylation sites (tertiary alicyclic amines) is 1. The van der Waals surface area contributed by atoms with Crippen molar-refractivity contribution < 1.29 is 33.4 Å². The maximum atomic E-state index is 13.5. The van der Waals surface area contributed by atoms with Gasteiger partial charge in [0.25, 0.3) is 17.7 Å². The summed E-state index contributed by atoms with van der Waals surface area (Å²) in [6, 6.07) is 9.76. The van der Waals surface area contributed by atoms with Crippen LogP contribution in [0.1, 0.15) is 108 Å². The third-order valence-electron chi connectivity index (χ3n) is 13.3. The molecule has 1 saturated carbocycles. The molecule has 1 unspecified atom stereocenters. The van der Waals surface area contributed by atoms with E-state index in [1.165, 1.54) is 0 Å². The lowest BCUT2D eigenvalue weighted by atomic mass is 9.49. The normalized spacial score (nSPS) is 23.9. The van der Waals surface area contributed by atoms with Gasteiger partial charge in [0.15, 0.2) is 0 Å². The molecule has 1 atom stereocenters. The molecule has 0 radical (unpaired) electrons. The molecule has 0 bridgehead atoms. The smallest absolute Gasteiger partial charge is 0.262 e. The van der Waals surface area contributed by atoms with Crippen LogP contribution in [0.4, 0.5) is 5.95 Å². The number of amides is 5. The number of hydrogen-bond acceptors (Lipinski definition) is 12. The van der Waals surface area contributed by atoms with Gasteiger partial charge in [-0.25, -0.2) is 9.97 Å². The number of benzene rings is 2. The minimum Gasteiger partial charge on any atom is -0.489 e. The molecule has 3 saturated heterocycles. The second-order valence-corrected chi connectivity index (χ2v) is 18.2. The van der Waals surface area contributed by atoms with Gasteiger partial charge in [0, 0.05) is 61.9 Å². The van der Waals surface area contributed by atoms with E-state index in [0.717, 1.165) is 73.8 Å². The van der Waals surface area contributed by atoms with Crippen LogP contribution in [0, 0.1) is 41.9 Å². The molecule has 60 heavy (non-hydrogen) atoms. The lowest BCUT2D eigenvalue weighted by Crippen LogP contribution is -2.74. The molecule has 5 aliphatic rings. The van der Waals surface area contributed by atoms with E-state index in [1.54, 1.807) is 30.6 Å². The summed E-state index contributed by atoms with van der Waals surface area (Å²) >= 11 is 0. The number of aryl methyl sites for hydroxylation is 2. The van der Waals surface area contributed by atoms with Crippen molar-refractivity contribution in [1.29, 1.82) is 5.26 Å². The van der Waals surface area contributed by atoms with Gasteiger partial charge < -0.3 is 19.7 Å². The summed E-state index contributed by atoms with van der Waals surface area (Å²) in [5.41, 5.74) is 2.57. The van der Waals surface area contributed by atoms with Crippen LogP contribution in [0.2, 0.25) is 0 Å². The van der Waals surface area contributed by atoms with Crippen molar-refractivity contribution >= 4 is 35.5 Å². The molecule has 0 spiro atoms. The Morgan fingerprint density at radius 1 is 0.900 bits per heavy atom. The summed E-state index contributed by atoms with van der Waals surface area (Å²) in [7, 11) is 0. The molecule has 8 rings (SSSR count). The molecule has 3 aromatic rings. The van der Waals surface area contributed by atoms with Crippen LogP contribution in [0.15, 0.2) is 42.7 Å². The molecular formula is C45H52N8O7. The first kappa shape index (κ1) is 40.9. The van der Waals surface area contributed by atoms with Gasteiger partial charge in [-0.2, -0.15) is 5.26 Å². The number of nitrogens with one attached hydrogen (secondary N) is 2. The monoisotopic (exact) mass is 816 g/mol. The van der Waals surface area contributed by atoms with Gasteiger partial charge in [-0.3, -0.25) is 39.1 Å². The Kier molecular flexibility index (Phi) is 10.6. The zero-order valence-corrected chi connectivity index (χ0v) is 35.0. The van der Waals surface area contributed by atoms with E-state index in [9.17, 15) is 29.2 Å². The number of imide groups is 2. The maximum absolute atomic E-state index is 13.5. The Morgan fingerprint density at radius 2 is 1.55 bits per heavy atom. The summed E-state index contributed by atoms with van der Waals surface area (Å²) in [4.78, 5) is 78.3. The molecule has 2 aromatic carbocycles. The number of ether oxygens (including phenoxy) is 2. The average Bonchev–Trinajstić information content (AvgIpc) is 3.44. The van der Waals surface area contributed by atoms with E-state index in [2.05, 4.69) is 64.2 Å². The van der Waals surface area contributed by atoms with Crippen molar-refractivity contribution in [3.8, 4) is 17.6 Å². The van der Waals surface area contributed by atoms with Crippen molar-refractivity contribution in [2.24, 2.45) is 16.7 Å². The Morgan fingerprint density at radius 3 is 2.18 bits per heavy atom. The van der Waals surface area contributed by atoms with Crippen LogP contribution in [-0.4, -0.2) is 106 Å². The van der Waals surface area contributed by atoms with E-state index >= 15 is 0 Å². The Labute approximate surface area is 349 Å². The number of piperidine rings is 2. The molecule has 5 heterocycles. The molecule has 314 valence electrons. The minimum absolute atomic E-state index is 0.0305. The number of nitrogens with zero attached hydrogens (tertiary/aromatic N) is 6. The van der Waals surface area contributed by atoms with Crippen LogP contribution in [0.3, 0.4) is 0 Å². The lowest BCUT2D eigenvalue weighted by molar-refractivity contribution is -0.164. The molecule has 5 amide bonds. The highest BCUT2D eigenvalue weighted by Gasteiger charge is 2.64. The van der Waals surface area contributed by atoms with E-state index in [1.807, 2.05) is 26.0 Å². The van der Waals surface area contributed by atoms with Crippen molar-refractivity contribution in [1.82, 2.24) is 30.4 Å². The number of anilines is 1. The molecule has 4 fully saturated rings. The van der Waals surface area contributed by atoms with Crippen LogP contribution >= 0.6 is 0 Å². The van der Waals surface area contributed by atoms with Gasteiger partial charge >= 0.3 is 0 Å². The predicted octanol–water partition coefficient (Wildman–Crippen LogP) is 4.35. The van der Waals surface area contributed by atoms with Crippen LogP contribution < -0.4 is 25.0 Å². The SMILES string of the molecule is Cc1cc(OC2C(C)(C)C(NC(=O)c3cnc(N4CCC(CCN5CC(Oc6ccc7c(c6)C(=O)N(C6CCC(=O)NC6=O)C7=O)C5)CC4)nc3)C2(C)C)cc(C)c1C#N. The minimum atomic E-state index is -1.00. The lowest BCUT2D eigenvalue weighted by Gasteiger charge is -2.63. The fourth-order valence-corrected chi connectivity index (χ4v) is 10.2. The molecule has 1 aromatic heterocycles. The molecule has 15 nitrogen and oxygen atoms in total. The zero-order chi connectivity index (χ0) is 42.7. The molecule has 4 aliphatic heterocycles. The third-order valence-corrected chi connectivity index (χ3v) is 13.3. The number of carbonyl (C=O) groups excluding carboxylic acids is 5. The topological polar surface area (TPSA) is 187 Å². The Balaban J connectivity index is 0.759. The zero-order valence-electron chi connectivity index (χ0n) is 35.0. The van der Waals surface area contributed by atoms with Crippen LogP contribution in [0.25, 0.3) is 0 Å². The summed E-state index contributed by atoms with van der Waals surface area (Å²) in [6.45, 7) is 16.4. The first-order valence-electron chi connectivity index (χ1n) is 20.9. The summed E-state index contributed by atoms with van der Waals surface area (Å²) < 4.78 is 12.7. The van der Waals surface area contributed by atoms with Gasteiger partial charge in [0.1, 0.15) is 29.7 Å². The van der Waals surface area contributed by atoms with Crippen molar-refractivity contribution in [3.05, 3.63) is 76.1 Å². The number of nitriles is 1. The average molecular weight is 817 g/mol. The molecular weight excluding hydrogens is 765 g/mol. The number of aromatic nitrogens is 2. The van der Waals surface area contributed by atoms with Gasteiger partial charge in [-0.1, -0.05) is 27.7 Å². The van der Waals surface area contributed by atoms with Gasteiger partial charge in [-0.15, -0.1) is 0 Å². The Bertz CT molecular complexity index is 2250. The number of hydrogen-bond donors (Lipinski definition) is 2. The van der Waals surface area contributed by atoms with Crippen LogP contribution in [0.5, 0.6) is 11.5 Å². The first-order chi connectivity index (χ1) is 28.5. The third kappa shape index (κ3) is 7.46. The van der Waals surface area contributed by atoms with Crippen LogP contribution in [-0.2, 0) is 9.59 Å². The number of carbonyl (C=O) groups is 5. The predicted molar refractivity (Wildman–Crippen MR) is 219 cm³/mol. The van der Waals surface area contributed by atoms with Gasteiger partial charge in [0.05, 0.1) is 28.3 Å². The second-order valence-electron chi connectivity index (χ2n) is 18.2. The Hall–Kier alpha value is -5.88. The van der Waals surface area contributed by atoms with E-state index in [-0.39, 0.29) is 59.0 Å². The summed E-state index contributed by atoms with van der Waals surface area (Å²) in [5, 5.41) is 14.9. The second kappa shape index (κ2) is 15.6. The number of rotatable bonds is 11. The number of fused-ring (bicyclic) bond motifs is 1. The fraction of sp³-hybridized carbons (Fsp3) is 0.511. The molecule has 15 heteroatoms. The maximum Gasteiger partial charge on any atom is 0.262 e. The quantitative estimate of drug-likeness (QED) is 0.261. The first-order valence-corrected chi connectivity index (χ1v) is 20.9. The molecule has 2 N–H and O–H groups in total. The van der Waals surface area contributed by atoms with Crippen molar-refractivity contribution in [3.63, 3.8) is 0 Å². The summed E-state index contributed by atoms with van der Waals surface area (Å²) in [6.07, 6.45) is 6.33. The van der Waals surface area contributed by atoms with E-state index < -0.39 is 29.7 Å². The standard InChI is InChI=1S/C45H52N8O7/c1-25-17-30(18-26(2)34(25)20-46)60-42-44(3,4)41(45(42,5)6)50-37(55)28-21-47-43(48-22-28)52-15-12-27(13-16-52)11-14-51-23-31(24-51)59-29-7-8-32-33(19-29)40(58)53(39(32)57)35-9-10-36(54)49-38(35)56/h7-8,17-19,21-22,27,31,35,41-42H,9-16,23-24H2,1-6H3,(H,50,55)(H,49,54,56). The van der Waals surface area contributed by atoms with Crippen molar-refractivity contribution in [2.75, 3.05) is 37.6 Å². The van der Waals surface area contributed by atoms with Gasteiger partial charge in [0.2, 0.25) is 17.8 Å².